The number of nitrogens with zero attached hydrogens (tertiary/aromatic N) is 4. The van der Waals surface area contributed by atoms with E-state index in [0.717, 1.165) is 17.1 Å². The number of nitrogen functional groups attached to an aromatic ring is 1. The second-order valence-corrected chi connectivity index (χ2v) is 6.96. The SMILES string of the molecule is CC(C)(O)C#Cc1cc2c(-c3nc(N)ncc3F)cn(C3COC3)c2cn1. The van der Waals surface area contributed by atoms with Crippen LogP contribution in [0.5, 0.6) is 0 Å². The predicted molar refractivity (Wildman–Crippen MR) is 98.2 cm³/mol. The third-order valence-corrected chi connectivity index (χ3v) is 4.25. The maximum absolute atomic E-state index is 14.4. The number of aromatic nitrogens is 4. The molecule has 0 unspecified atom stereocenters. The molecule has 1 fully saturated rings. The molecule has 0 aromatic carbocycles. The molecule has 1 aliphatic rings. The summed E-state index contributed by atoms with van der Waals surface area (Å²) in [6, 6.07) is 1.91. The Morgan fingerprint density at radius 2 is 2.11 bits per heavy atom. The van der Waals surface area contributed by atoms with Crippen LogP contribution in [-0.4, -0.2) is 43.4 Å². The number of rotatable bonds is 2. The van der Waals surface area contributed by atoms with Crippen LogP contribution < -0.4 is 5.73 Å². The normalized spacial score (nSPS) is 14.7. The van der Waals surface area contributed by atoms with Crippen LogP contribution >= 0.6 is 0 Å². The molecule has 0 saturated carbocycles. The van der Waals surface area contributed by atoms with Crippen molar-refractivity contribution in [1.82, 2.24) is 19.5 Å². The lowest BCUT2D eigenvalue weighted by Gasteiger charge is -2.28. The molecule has 0 spiro atoms. The fourth-order valence-electron chi connectivity index (χ4n) is 2.88. The topological polar surface area (TPSA) is 99.1 Å². The smallest absolute Gasteiger partial charge is 0.220 e. The van der Waals surface area contributed by atoms with Gasteiger partial charge < -0.3 is 20.1 Å². The van der Waals surface area contributed by atoms with Crippen LogP contribution in [-0.2, 0) is 4.74 Å². The summed E-state index contributed by atoms with van der Waals surface area (Å²) in [5.41, 5.74) is 6.52. The van der Waals surface area contributed by atoms with Gasteiger partial charge in [0.15, 0.2) is 5.82 Å². The fourth-order valence-corrected chi connectivity index (χ4v) is 2.88. The molecule has 4 heterocycles. The molecule has 0 atom stereocenters. The lowest BCUT2D eigenvalue weighted by molar-refractivity contribution is -0.0213. The monoisotopic (exact) mass is 367 g/mol. The van der Waals surface area contributed by atoms with Crippen molar-refractivity contribution in [3.8, 4) is 23.1 Å². The highest BCUT2D eigenvalue weighted by atomic mass is 19.1. The van der Waals surface area contributed by atoms with Crippen molar-refractivity contribution >= 4 is 16.9 Å². The molecule has 0 aliphatic carbocycles. The fraction of sp³-hybridized carbons (Fsp3) is 0.316. The molecule has 3 aromatic heterocycles. The van der Waals surface area contributed by atoms with Crippen molar-refractivity contribution < 1.29 is 14.2 Å². The number of hydrogen-bond donors (Lipinski definition) is 2. The first-order valence-corrected chi connectivity index (χ1v) is 8.44. The molecule has 7 nitrogen and oxygen atoms in total. The van der Waals surface area contributed by atoms with Gasteiger partial charge in [-0.1, -0.05) is 5.92 Å². The van der Waals surface area contributed by atoms with Gasteiger partial charge in [-0.3, -0.25) is 0 Å². The van der Waals surface area contributed by atoms with E-state index in [0.29, 0.717) is 24.5 Å². The Bertz CT molecular complexity index is 1090. The van der Waals surface area contributed by atoms with Gasteiger partial charge in [0.1, 0.15) is 17.0 Å². The molecule has 1 saturated heterocycles. The molecule has 0 amide bonds. The lowest BCUT2D eigenvalue weighted by atomic mass is 10.1. The molecule has 27 heavy (non-hydrogen) atoms. The van der Waals surface area contributed by atoms with Gasteiger partial charge in [0, 0.05) is 17.1 Å². The molecule has 3 aromatic rings. The number of fused-ring (bicyclic) bond motifs is 1. The van der Waals surface area contributed by atoms with Crippen molar-refractivity contribution in [2.45, 2.75) is 25.5 Å². The molecule has 138 valence electrons. The van der Waals surface area contributed by atoms with Crippen LogP contribution in [0.2, 0.25) is 0 Å². The van der Waals surface area contributed by atoms with Crippen molar-refractivity contribution in [3.63, 3.8) is 0 Å². The zero-order chi connectivity index (χ0) is 19.2. The average molecular weight is 367 g/mol. The zero-order valence-corrected chi connectivity index (χ0v) is 14.9. The molecule has 0 bridgehead atoms. The Kier molecular flexibility index (Phi) is 4.06. The summed E-state index contributed by atoms with van der Waals surface area (Å²) in [5.74, 6) is 5.02. The Labute approximate surface area is 155 Å². The minimum atomic E-state index is -1.14. The van der Waals surface area contributed by atoms with Crippen LogP contribution in [0.4, 0.5) is 10.3 Å². The van der Waals surface area contributed by atoms with E-state index in [2.05, 4.69) is 26.8 Å². The average Bonchev–Trinajstić information content (AvgIpc) is 2.91. The summed E-state index contributed by atoms with van der Waals surface area (Å²) in [6.07, 6.45) is 4.58. The molecule has 8 heteroatoms. The maximum Gasteiger partial charge on any atom is 0.220 e. The van der Waals surface area contributed by atoms with E-state index in [1.165, 1.54) is 0 Å². The molecular weight excluding hydrogens is 349 g/mol. The third kappa shape index (κ3) is 3.35. The molecule has 0 radical (unpaired) electrons. The van der Waals surface area contributed by atoms with Gasteiger partial charge in [0.25, 0.3) is 0 Å². The highest BCUT2D eigenvalue weighted by molar-refractivity contribution is 5.95. The van der Waals surface area contributed by atoms with Gasteiger partial charge in [0.2, 0.25) is 5.95 Å². The van der Waals surface area contributed by atoms with Gasteiger partial charge >= 0.3 is 0 Å². The van der Waals surface area contributed by atoms with E-state index in [4.69, 9.17) is 10.5 Å². The molecular formula is C19H18FN5O2. The lowest BCUT2D eigenvalue weighted by Crippen LogP contribution is -2.30. The van der Waals surface area contributed by atoms with Crippen molar-refractivity contribution in [2.75, 3.05) is 18.9 Å². The first-order chi connectivity index (χ1) is 12.8. The predicted octanol–water partition coefficient (Wildman–Crippen LogP) is 1.91. The largest absolute Gasteiger partial charge is 0.378 e. The second kappa shape index (κ2) is 6.30. The zero-order valence-electron chi connectivity index (χ0n) is 14.9. The summed E-state index contributed by atoms with van der Waals surface area (Å²) in [6.45, 7) is 4.35. The number of hydrogen-bond acceptors (Lipinski definition) is 6. The Hall–Kier alpha value is -3.02. The van der Waals surface area contributed by atoms with Gasteiger partial charge in [-0.25, -0.2) is 19.3 Å². The van der Waals surface area contributed by atoms with Gasteiger partial charge in [-0.15, -0.1) is 0 Å². The maximum atomic E-state index is 14.4. The number of aliphatic hydroxyl groups is 1. The van der Waals surface area contributed by atoms with Crippen LogP contribution in [0.1, 0.15) is 25.6 Å². The number of ether oxygens (including phenoxy) is 1. The molecule has 4 rings (SSSR count). The summed E-state index contributed by atoms with van der Waals surface area (Å²) in [7, 11) is 0. The van der Waals surface area contributed by atoms with Crippen LogP contribution in [0.3, 0.4) is 0 Å². The Morgan fingerprint density at radius 3 is 2.78 bits per heavy atom. The second-order valence-electron chi connectivity index (χ2n) is 6.96. The van der Waals surface area contributed by atoms with Gasteiger partial charge in [-0.2, -0.15) is 0 Å². The van der Waals surface area contributed by atoms with E-state index >= 15 is 0 Å². The van der Waals surface area contributed by atoms with Crippen LogP contribution in [0.25, 0.3) is 22.2 Å². The van der Waals surface area contributed by atoms with Crippen LogP contribution in [0.15, 0.2) is 24.7 Å². The van der Waals surface area contributed by atoms with Crippen molar-refractivity contribution in [3.05, 3.63) is 36.2 Å². The quantitative estimate of drug-likeness (QED) is 0.672. The third-order valence-electron chi connectivity index (χ3n) is 4.25. The van der Waals surface area contributed by atoms with E-state index in [1.807, 2.05) is 10.8 Å². The Balaban J connectivity index is 1.93. The minimum absolute atomic E-state index is 0.00428. The highest BCUT2D eigenvalue weighted by Crippen LogP contribution is 2.34. The van der Waals surface area contributed by atoms with E-state index in [9.17, 15) is 9.50 Å². The van der Waals surface area contributed by atoms with Gasteiger partial charge in [0.05, 0.1) is 37.2 Å². The minimum Gasteiger partial charge on any atom is -0.378 e. The van der Waals surface area contributed by atoms with E-state index in [-0.39, 0.29) is 17.7 Å². The van der Waals surface area contributed by atoms with E-state index in [1.54, 1.807) is 26.1 Å². The first-order valence-electron chi connectivity index (χ1n) is 8.44. The standard InChI is InChI=1S/C19H18FN5O2/c1-19(2,26)4-3-11-5-13-14(17-15(20)6-23-18(21)24-17)8-25(12-9-27-10-12)16(13)7-22-11/h5-8,12,26H,9-10H2,1-2H3,(H2,21,23,24). The number of halogens is 1. The Morgan fingerprint density at radius 1 is 1.33 bits per heavy atom. The van der Waals surface area contributed by atoms with Crippen molar-refractivity contribution in [1.29, 1.82) is 0 Å². The van der Waals surface area contributed by atoms with Gasteiger partial charge in [-0.05, 0) is 25.8 Å². The molecule has 1 aliphatic heterocycles. The summed E-state index contributed by atoms with van der Waals surface area (Å²) in [5, 5.41) is 10.6. The first kappa shape index (κ1) is 17.4. The summed E-state index contributed by atoms with van der Waals surface area (Å²) in [4.78, 5) is 12.1. The highest BCUT2D eigenvalue weighted by Gasteiger charge is 2.25. The van der Waals surface area contributed by atoms with Crippen LogP contribution in [0, 0.1) is 17.7 Å². The number of anilines is 1. The number of nitrogens with two attached hydrogens (primary N) is 1. The number of pyridine rings is 1. The van der Waals surface area contributed by atoms with Crippen molar-refractivity contribution in [2.24, 2.45) is 0 Å². The molecule has 3 N–H and O–H groups in total. The summed E-state index contributed by atoms with van der Waals surface area (Å²) >= 11 is 0. The van der Waals surface area contributed by atoms with E-state index < -0.39 is 11.4 Å². The summed E-state index contributed by atoms with van der Waals surface area (Å²) < 4.78 is 21.7.